The van der Waals surface area contributed by atoms with Crippen molar-refractivity contribution in [1.82, 2.24) is 10.2 Å². The van der Waals surface area contributed by atoms with E-state index in [4.69, 9.17) is 9.47 Å². The van der Waals surface area contributed by atoms with Crippen LogP contribution in [0.5, 0.6) is 11.5 Å². The molecular weight excluding hydrogens is 564 g/mol. The van der Waals surface area contributed by atoms with Crippen molar-refractivity contribution >= 4 is 45.5 Å². The van der Waals surface area contributed by atoms with E-state index in [2.05, 4.69) is 26.6 Å². The van der Waals surface area contributed by atoms with Crippen LogP contribution in [-0.2, 0) is 16.2 Å². The minimum Gasteiger partial charge on any atom is -0.490 e. The van der Waals surface area contributed by atoms with E-state index in [0.717, 1.165) is 4.90 Å². The van der Waals surface area contributed by atoms with Crippen LogP contribution in [0.1, 0.15) is 18.1 Å². The van der Waals surface area contributed by atoms with E-state index in [9.17, 15) is 23.2 Å². The van der Waals surface area contributed by atoms with Gasteiger partial charge in [-0.3, -0.25) is 9.59 Å². The number of benzene rings is 3. The fourth-order valence-corrected chi connectivity index (χ4v) is 4.21. The number of halogens is 3. The first kappa shape index (κ1) is 26.8. The Morgan fingerprint density at radius 2 is 1.87 bits per heavy atom. The molecular formula is C27H22BrF2N3O5. The summed E-state index contributed by atoms with van der Waals surface area (Å²) in [6, 6.07) is 14.1. The third kappa shape index (κ3) is 6.35. The fourth-order valence-electron chi connectivity index (χ4n) is 3.63. The lowest BCUT2D eigenvalue weighted by Gasteiger charge is -2.15. The van der Waals surface area contributed by atoms with Crippen molar-refractivity contribution in [3.05, 3.63) is 93.6 Å². The highest BCUT2D eigenvalue weighted by Crippen LogP contribution is 2.38. The molecule has 8 nitrogen and oxygen atoms in total. The van der Waals surface area contributed by atoms with Gasteiger partial charge in [0.25, 0.3) is 5.91 Å². The van der Waals surface area contributed by atoms with Crippen LogP contribution >= 0.6 is 15.9 Å². The van der Waals surface area contributed by atoms with Crippen LogP contribution in [0.3, 0.4) is 0 Å². The van der Waals surface area contributed by atoms with Crippen molar-refractivity contribution in [2.45, 2.75) is 13.5 Å². The molecule has 2 N–H and O–H groups in total. The molecule has 1 heterocycles. The van der Waals surface area contributed by atoms with Crippen LogP contribution in [0.2, 0.25) is 0 Å². The lowest BCUT2D eigenvalue weighted by molar-refractivity contribution is -0.127. The van der Waals surface area contributed by atoms with Gasteiger partial charge in [-0.25, -0.2) is 18.5 Å². The summed E-state index contributed by atoms with van der Waals surface area (Å²) < 4.78 is 39.4. The predicted octanol–water partition coefficient (Wildman–Crippen LogP) is 5.24. The second kappa shape index (κ2) is 11.9. The Balaban J connectivity index is 1.50. The van der Waals surface area contributed by atoms with E-state index in [1.807, 2.05) is 0 Å². The van der Waals surface area contributed by atoms with Crippen LogP contribution < -0.4 is 20.1 Å². The molecule has 0 spiro atoms. The number of urea groups is 1. The predicted molar refractivity (Wildman–Crippen MR) is 139 cm³/mol. The van der Waals surface area contributed by atoms with Crippen molar-refractivity contribution in [3.8, 4) is 11.5 Å². The summed E-state index contributed by atoms with van der Waals surface area (Å²) in [4.78, 5) is 38.3. The molecule has 196 valence electrons. The number of anilines is 1. The molecule has 0 aromatic heterocycles. The molecule has 4 amide bonds. The van der Waals surface area contributed by atoms with Gasteiger partial charge in [-0.1, -0.05) is 24.3 Å². The fraction of sp³-hybridized carbons (Fsp3) is 0.148. The zero-order valence-corrected chi connectivity index (χ0v) is 21.7. The molecule has 1 fully saturated rings. The van der Waals surface area contributed by atoms with Crippen molar-refractivity contribution in [3.63, 3.8) is 0 Å². The molecule has 4 rings (SSSR count). The summed E-state index contributed by atoms with van der Waals surface area (Å²) in [5.41, 5.74) is 1.01. The molecule has 3 aromatic carbocycles. The second-order valence-corrected chi connectivity index (χ2v) is 8.94. The quantitative estimate of drug-likeness (QED) is 0.264. The number of hydrogen-bond acceptors (Lipinski definition) is 5. The van der Waals surface area contributed by atoms with Crippen molar-refractivity contribution < 1.29 is 32.6 Å². The molecule has 0 aliphatic carbocycles. The van der Waals surface area contributed by atoms with Gasteiger partial charge in [0.15, 0.2) is 11.5 Å². The van der Waals surface area contributed by atoms with Gasteiger partial charge in [0.05, 0.1) is 16.8 Å². The molecule has 0 bridgehead atoms. The van der Waals surface area contributed by atoms with Gasteiger partial charge in [0.1, 0.15) is 30.5 Å². The molecule has 0 unspecified atom stereocenters. The topological polar surface area (TPSA) is 97.0 Å². The smallest absolute Gasteiger partial charge is 0.329 e. The average molecular weight is 586 g/mol. The molecule has 0 saturated carbocycles. The number of imide groups is 1. The normalized spacial score (nSPS) is 14.0. The molecule has 38 heavy (non-hydrogen) atoms. The Morgan fingerprint density at radius 1 is 1.08 bits per heavy atom. The lowest BCUT2D eigenvalue weighted by atomic mass is 10.1. The number of amides is 4. The van der Waals surface area contributed by atoms with Crippen molar-refractivity contribution in [2.24, 2.45) is 0 Å². The highest BCUT2D eigenvalue weighted by Gasteiger charge is 2.35. The maximum atomic E-state index is 13.8. The average Bonchev–Trinajstić information content (AvgIpc) is 3.12. The first-order valence-corrected chi connectivity index (χ1v) is 12.3. The standard InChI is InChI=1S/C27H22BrF2N3O5/c1-2-37-23-13-17(11-19(28)25(23)38-15-16-6-5-7-18(29)10-16)12-22-26(35)33(27(36)32-22)14-24(34)31-21-9-4-3-8-20(21)30/h3-13H,2,14-15H2,1H3,(H,31,34)(H,32,36)/b22-12+. The van der Waals surface area contributed by atoms with Gasteiger partial charge in [-0.05, 0) is 76.5 Å². The highest BCUT2D eigenvalue weighted by atomic mass is 79.9. The highest BCUT2D eigenvalue weighted by molar-refractivity contribution is 9.10. The number of carbonyl (C=O) groups is 3. The Morgan fingerprint density at radius 3 is 2.61 bits per heavy atom. The van der Waals surface area contributed by atoms with Crippen molar-refractivity contribution in [2.75, 3.05) is 18.5 Å². The summed E-state index contributed by atoms with van der Waals surface area (Å²) in [6.45, 7) is 1.61. The largest absolute Gasteiger partial charge is 0.490 e. The molecule has 3 aromatic rings. The zero-order valence-electron chi connectivity index (χ0n) is 20.1. The van der Waals surface area contributed by atoms with Gasteiger partial charge in [0.2, 0.25) is 5.91 Å². The summed E-state index contributed by atoms with van der Waals surface area (Å²) in [5, 5.41) is 4.78. The third-order valence-corrected chi connectivity index (χ3v) is 5.92. The van der Waals surface area contributed by atoms with Crippen LogP contribution in [0.15, 0.2) is 70.8 Å². The van der Waals surface area contributed by atoms with Crippen LogP contribution in [0.25, 0.3) is 6.08 Å². The summed E-state index contributed by atoms with van der Waals surface area (Å²) in [7, 11) is 0. The van der Waals surface area contributed by atoms with Gasteiger partial charge in [-0.15, -0.1) is 0 Å². The Hall–Kier alpha value is -4.25. The molecule has 1 aliphatic heterocycles. The van der Waals surface area contributed by atoms with Crippen LogP contribution in [0, 0.1) is 11.6 Å². The number of ether oxygens (including phenoxy) is 2. The molecule has 1 aliphatic rings. The first-order chi connectivity index (χ1) is 18.2. The third-order valence-electron chi connectivity index (χ3n) is 5.33. The van der Waals surface area contributed by atoms with Gasteiger partial charge in [-0.2, -0.15) is 0 Å². The zero-order chi connectivity index (χ0) is 27.2. The Labute approximate surface area is 225 Å². The van der Waals surface area contributed by atoms with E-state index < -0.39 is 30.2 Å². The van der Waals surface area contributed by atoms with E-state index in [0.29, 0.717) is 33.7 Å². The first-order valence-electron chi connectivity index (χ1n) is 11.5. The molecule has 0 atom stereocenters. The number of carbonyl (C=O) groups excluding carboxylic acids is 3. The van der Waals surface area contributed by atoms with E-state index >= 15 is 0 Å². The van der Waals surface area contributed by atoms with E-state index in [1.54, 1.807) is 37.3 Å². The van der Waals surface area contributed by atoms with E-state index in [-0.39, 0.29) is 23.8 Å². The monoisotopic (exact) mass is 585 g/mol. The van der Waals surface area contributed by atoms with Crippen molar-refractivity contribution in [1.29, 1.82) is 0 Å². The number of para-hydroxylation sites is 1. The van der Waals surface area contributed by atoms with Gasteiger partial charge < -0.3 is 20.1 Å². The minimum absolute atomic E-state index is 0.0588. The summed E-state index contributed by atoms with van der Waals surface area (Å²) >= 11 is 3.44. The molecule has 11 heteroatoms. The number of nitrogens with zero attached hydrogens (tertiary/aromatic N) is 1. The Kier molecular flexibility index (Phi) is 8.37. The lowest BCUT2D eigenvalue weighted by Crippen LogP contribution is -2.38. The maximum Gasteiger partial charge on any atom is 0.329 e. The molecule has 1 saturated heterocycles. The molecule has 0 radical (unpaired) electrons. The summed E-state index contributed by atoms with van der Waals surface area (Å²) in [5.74, 6) is -1.73. The van der Waals surface area contributed by atoms with Crippen LogP contribution in [0.4, 0.5) is 19.3 Å². The minimum atomic E-state index is -0.788. The number of rotatable bonds is 9. The summed E-state index contributed by atoms with van der Waals surface area (Å²) in [6.07, 6.45) is 1.43. The van der Waals surface area contributed by atoms with Crippen LogP contribution in [-0.4, -0.2) is 35.9 Å². The maximum absolute atomic E-state index is 13.8. The Bertz CT molecular complexity index is 1430. The number of hydrogen-bond donors (Lipinski definition) is 2. The second-order valence-electron chi connectivity index (χ2n) is 8.09. The number of nitrogens with one attached hydrogen (secondary N) is 2. The van der Waals surface area contributed by atoms with Gasteiger partial charge >= 0.3 is 6.03 Å². The van der Waals surface area contributed by atoms with Gasteiger partial charge in [0, 0.05) is 0 Å². The van der Waals surface area contributed by atoms with E-state index in [1.165, 1.54) is 36.4 Å². The SMILES string of the molecule is CCOc1cc(/C=C2/NC(=O)N(CC(=O)Nc3ccccc3F)C2=O)cc(Br)c1OCc1cccc(F)c1.